The van der Waals surface area contributed by atoms with Gasteiger partial charge in [-0.15, -0.1) is 0 Å². The largest absolute Gasteiger partial charge is 0.492 e. The summed E-state index contributed by atoms with van der Waals surface area (Å²) in [6, 6.07) is 7.55. The Kier molecular flexibility index (Phi) is 8.06. The standard InChI is InChI=1S/C27H40N2O6/c1-18(2)6-11-22-26(3,35-22)25-24(31-5)21(12-13-27(25)17-33-27)34-23(30)16-29-19-7-9-20(10-8-19)32-15-14-28-4/h6-10,21-22,24-25,28-29H,11-17H2,1-5H3. The highest BCUT2D eigenvalue weighted by atomic mass is 16.6. The fraction of sp³-hybridized carbons (Fsp3) is 0.667. The molecule has 6 unspecified atom stereocenters. The molecule has 1 aromatic carbocycles. The lowest BCUT2D eigenvalue weighted by Gasteiger charge is -2.42. The van der Waals surface area contributed by atoms with E-state index >= 15 is 0 Å². The van der Waals surface area contributed by atoms with Gasteiger partial charge in [-0.3, -0.25) is 4.79 Å². The molecular formula is C27H40N2O6. The van der Waals surface area contributed by atoms with E-state index in [1.165, 1.54) is 5.57 Å². The van der Waals surface area contributed by atoms with E-state index in [0.717, 1.165) is 30.8 Å². The molecule has 35 heavy (non-hydrogen) atoms. The number of hydrogen-bond acceptors (Lipinski definition) is 8. The van der Waals surface area contributed by atoms with Crippen molar-refractivity contribution in [3.63, 3.8) is 0 Å². The van der Waals surface area contributed by atoms with Crippen molar-refractivity contribution in [1.82, 2.24) is 5.32 Å². The molecule has 194 valence electrons. The van der Waals surface area contributed by atoms with Crippen molar-refractivity contribution in [3.05, 3.63) is 35.9 Å². The van der Waals surface area contributed by atoms with Crippen molar-refractivity contribution in [2.45, 2.75) is 69.5 Å². The van der Waals surface area contributed by atoms with Gasteiger partial charge in [0.15, 0.2) is 0 Å². The summed E-state index contributed by atoms with van der Waals surface area (Å²) < 4.78 is 29.7. The molecule has 0 radical (unpaired) electrons. The lowest BCUT2D eigenvalue weighted by Crippen LogP contribution is -2.55. The SMILES string of the molecule is CNCCOc1ccc(NCC(=O)OC2CCC3(CO3)C(C3(C)OC3CC=C(C)C)C2OC)cc1. The Bertz CT molecular complexity index is 895. The van der Waals surface area contributed by atoms with Gasteiger partial charge < -0.3 is 34.3 Å². The smallest absolute Gasteiger partial charge is 0.325 e. The monoisotopic (exact) mass is 488 g/mol. The second-order valence-corrected chi connectivity index (χ2v) is 10.2. The van der Waals surface area contributed by atoms with E-state index in [0.29, 0.717) is 19.6 Å². The number of epoxide rings is 2. The average molecular weight is 489 g/mol. The number of esters is 1. The zero-order chi connectivity index (χ0) is 25.1. The molecule has 2 saturated heterocycles. The van der Waals surface area contributed by atoms with Crippen LogP contribution in [0.15, 0.2) is 35.9 Å². The first-order chi connectivity index (χ1) is 16.8. The van der Waals surface area contributed by atoms with E-state index in [2.05, 4.69) is 37.5 Å². The van der Waals surface area contributed by atoms with E-state index in [9.17, 15) is 4.79 Å². The summed E-state index contributed by atoms with van der Waals surface area (Å²) >= 11 is 0. The van der Waals surface area contributed by atoms with Gasteiger partial charge in [0.1, 0.15) is 42.3 Å². The Morgan fingerprint density at radius 1 is 1.26 bits per heavy atom. The van der Waals surface area contributed by atoms with Crippen molar-refractivity contribution in [3.8, 4) is 5.75 Å². The Labute approximate surface area is 208 Å². The van der Waals surface area contributed by atoms with Gasteiger partial charge in [-0.2, -0.15) is 0 Å². The molecule has 0 bridgehead atoms. The number of hydrogen-bond donors (Lipinski definition) is 2. The number of methoxy groups -OCH3 is 1. The molecule has 0 amide bonds. The minimum atomic E-state index is -0.344. The number of ether oxygens (including phenoxy) is 5. The zero-order valence-corrected chi connectivity index (χ0v) is 21.6. The number of allylic oxidation sites excluding steroid dienone is 1. The highest BCUT2D eigenvalue weighted by molar-refractivity contribution is 5.75. The Morgan fingerprint density at radius 2 is 2.00 bits per heavy atom. The molecular weight excluding hydrogens is 448 g/mol. The topological polar surface area (TPSA) is 93.9 Å². The fourth-order valence-electron chi connectivity index (χ4n) is 5.39. The van der Waals surface area contributed by atoms with Crippen LogP contribution in [0.1, 0.15) is 40.0 Å². The van der Waals surface area contributed by atoms with Gasteiger partial charge in [0, 0.05) is 19.3 Å². The average Bonchev–Trinajstić information content (AvgIpc) is 3.75. The summed E-state index contributed by atoms with van der Waals surface area (Å²) in [4.78, 5) is 12.7. The van der Waals surface area contributed by atoms with Crippen molar-refractivity contribution in [2.24, 2.45) is 5.92 Å². The third-order valence-electron chi connectivity index (χ3n) is 7.43. The van der Waals surface area contributed by atoms with Crippen molar-refractivity contribution < 1.29 is 28.5 Å². The lowest BCUT2D eigenvalue weighted by molar-refractivity contribution is -0.170. The molecule has 2 heterocycles. The van der Waals surface area contributed by atoms with Gasteiger partial charge in [0.2, 0.25) is 0 Å². The van der Waals surface area contributed by atoms with Gasteiger partial charge in [-0.05, 0) is 71.3 Å². The third-order valence-corrected chi connectivity index (χ3v) is 7.43. The molecule has 0 aromatic heterocycles. The fourth-order valence-corrected chi connectivity index (χ4v) is 5.39. The molecule has 3 fully saturated rings. The van der Waals surface area contributed by atoms with Crippen LogP contribution in [-0.2, 0) is 23.7 Å². The maximum atomic E-state index is 12.7. The Hall–Kier alpha value is -2.13. The van der Waals surface area contributed by atoms with Crippen LogP contribution >= 0.6 is 0 Å². The summed E-state index contributed by atoms with van der Waals surface area (Å²) in [7, 11) is 3.58. The predicted molar refractivity (Wildman–Crippen MR) is 134 cm³/mol. The molecule has 4 rings (SSSR count). The molecule has 2 aliphatic heterocycles. The van der Waals surface area contributed by atoms with E-state index < -0.39 is 0 Å². The third kappa shape index (κ3) is 6.00. The summed E-state index contributed by atoms with van der Waals surface area (Å²) in [6.45, 7) is 8.52. The second kappa shape index (κ2) is 10.9. The maximum Gasteiger partial charge on any atom is 0.325 e. The molecule has 1 aliphatic carbocycles. The first kappa shape index (κ1) is 25.9. The van der Waals surface area contributed by atoms with E-state index in [1.54, 1.807) is 7.11 Å². The van der Waals surface area contributed by atoms with Gasteiger partial charge in [-0.1, -0.05) is 11.6 Å². The van der Waals surface area contributed by atoms with Crippen LogP contribution in [0.2, 0.25) is 0 Å². The van der Waals surface area contributed by atoms with Gasteiger partial charge in [0.05, 0.1) is 18.6 Å². The molecule has 8 heteroatoms. The van der Waals surface area contributed by atoms with E-state index in [-0.39, 0.29) is 47.9 Å². The van der Waals surface area contributed by atoms with Crippen LogP contribution in [-0.4, -0.2) is 75.9 Å². The molecule has 1 aromatic rings. The lowest BCUT2D eigenvalue weighted by atomic mass is 9.68. The van der Waals surface area contributed by atoms with E-state index in [1.807, 2.05) is 31.3 Å². The molecule has 2 N–H and O–H groups in total. The van der Waals surface area contributed by atoms with Crippen LogP contribution in [0.4, 0.5) is 5.69 Å². The number of rotatable bonds is 12. The summed E-state index contributed by atoms with van der Waals surface area (Å²) in [5, 5.41) is 6.18. The first-order valence-electron chi connectivity index (χ1n) is 12.6. The van der Waals surface area contributed by atoms with Crippen molar-refractivity contribution >= 4 is 11.7 Å². The zero-order valence-electron chi connectivity index (χ0n) is 21.6. The number of likely N-dealkylation sites (N-methyl/N-ethyl adjacent to an activating group) is 1. The molecule has 1 spiro atoms. The maximum absolute atomic E-state index is 12.7. The molecule has 3 aliphatic rings. The predicted octanol–water partition coefficient (Wildman–Crippen LogP) is 3.32. The number of carbonyl (C=O) groups is 1. The second-order valence-electron chi connectivity index (χ2n) is 10.2. The number of anilines is 1. The van der Waals surface area contributed by atoms with E-state index in [4.69, 9.17) is 23.7 Å². The minimum absolute atomic E-state index is 0.0190. The van der Waals surface area contributed by atoms with Gasteiger partial charge in [0.25, 0.3) is 0 Å². The summed E-state index contributed by atoms with van der Waals surface area (Å²) in [5.41, 5.74) is 1.54. The highest BCUT2D eigenvalue weighted by Gasteiger charge is 2.72. The van der Waals surface area contributed by atoms with Gasteiger partial charge in [-0.25, -0.2) is 0 Å². The molecule has 8 nitrogen and oxygen atoms in total. The normalized spacial score (nSPS) is 33.2. The van der Waals surface area contributed by atoms with Crippen LogP contribution in [0.3, 0.4) is 0 Å². The molecule has 6 atom stereocenters. The first-order valence-corrected chi connectivity index (χ1v) is 12.6. The summed E-state index contributed by atoms with van der Waals surface area (Å²) in [5.74, 6) is 0.505. The number of carbonyl (C=O) groups excluding carboxylic acids is 1. The van der Waals surface area contributed by atoms with Crippen molar-refractivity contribution in [1.29, 1.82) is 0 Å². The van der Waals surface area contributed by atoms with Gasteiger partial charge >= 0.3 is 5.97 Å². The minimum Gasteiger partial charge on any atom is -0.492 e. The highest BCUT2D eigenvalue weighted by Crippen LogP contribution is 2.59. The quantitative estimate of drug-likeness (QED) is 0.200. The number of benzene rings is 1. The Balaban J connectivity index is 1.32. The Morgan fingerprint density at radius 3 is 2.63 bits per heavy atom. The number of nitrogens with one attached hydrogen (secondary N) is 2. The van der Waals surface area contributed by atoms with Crippen LogP contribution < -0.4 is 15.4 Å². The van der Waals surface area contributed by atoms with Crippen LogP contribution in [0.5, 0.6) is 5.75 Å². The van der Waals surface area contributed by atoms with Crippen LogP contribution in [0, 0.1) is 5.92 Å². The summed E-state index contributed by atoms with van der Waals surface area (Å²) in [6.07, 6.45) is 4.16. The van der Waals surface area contributed by atoms with Crippen LogP contribution in [0.25, 0.3) is 0 Å². The van der Waals surface area contributed by atoms with Crippen molar-refractivity contribution in [2.75, 3.05) is 45.8 Å². The molecule has 1 saturated carbocycles.